The summed E-state index contributed by atoms with van der Waals surface area (Å²) in [6.07, 6.45) is 2.00. The molecule has 0 aliphatic rings. The van der Waals surface area contributed by atoms with Crippen LogP contribution in [0.25, 0.3) is 0 Å². The number of aryl methyl sites for hydroxylation is 1. The maximum atomic E-state index is 4.59. The lowest BCUT2D eigenvalue weighted by atomic mass is 10.1. The molecule has 2 aromatic rings. The molecule has 21 heavy (non-hydrogen) atoms. The highest BCUT2D eigenvalue weighted by Gasteiger charge is 2.04. The van der Waals surface area contributed by atoms with E-state index in [0.29, 0.717) is 0 Å². The van der Waals surface area contributed by atoms with Gasteiger partial charge in [-0.3, -0.25) is 4.72 Å². The van der Waals surface area contributed by atoms with Crippen LogP contribution in [-0.4, -0.2) is 5.37 Å². The second kappa shape index (κ2) is 9.06. The maximum Gasteiger partial charge on any atom is 0.0601 e. The van der Waals surface area contributed by atoms with Crippen LogP contribution in [0.4, 0.5) is 0 Å². The van der Waals surface area contributed by atoms with Gasteiger partial charge in [0.05, 0.1) is 5.37 Å². The molecule has 0 aliphatic heterocycles. The lowest BCUT2D eigenvalue weighted by Crippen LogP contribution is -2.17. The molecule has 0 bridgehead atoms. The molecule has 0 radical (unpaired) electrons. The van der Waals surface area contributed by atoms with Crippen LogP contribution in [0.2, 0.25) is 0 Å². The van der Waals surface area contributed by atoms with Gasteiger partial charge >= 0.3 is 0 Å². The largest absolute Gasteiger partial charge is 0.251 e. The van der Waals surface area contributed by atoms with Crippen LogP contribution < -0.4 is 4.72 Å². The van der Waals surface area contributed by atoms with E-state index in [1.54, 1.807) is 11.9 Å². The number of hydrogen-bond acceptors (Lipinski definition) is 5. The first kappa shape index (κ1) is 17.2. The van der Waals surface area contributed by atoms with Crippen molar-refractivity contribution in [2.24, 2.45) is 0 Å². The quantitative estimate of drug-likeness (QED) is 0.321. The Morgan fingerprint density at radius 2 is 1.71 bits per heavy atom. The van der Waals surface area contributed by atoms with Gasteiger partial charge in [0.25, 0.3) is 0 Å². The fourth-order valence-corrected chi connectivity index (χ4v) is 3.52. The Labute approximate surface area is 147 Å². The molecular formula is C16H19NS4. The van der Waals surface area contributed by atoms with Crippen molar-refractivity contribution in [3.63, 3.8) is 0 Å². The Bertz CT molecular complexity index is 556. The van der Waals surface area contributed by atoms with Crippen molar-refractivity contribution in [2.75, 3.05) is 0 Å². The van der Waals surface area contributed by atoms with Crippen LogP contribution >= 0.6 is 49.8 Å². The lowest BCUT2D eigenvalue weighted by molar-refractivity contribution is 0.753. The van der Waals surface area contributed by atoms with Crippen LogP contribution in [0.5, 0.6) is 0 Å². The first-order valence-corrected chi connectivity index (χ1v) is 9.15. The highest BCUT2D eigenvalue weighted by molar-refractivity contribution is 7.97. The van der Waals surface area contributed by atoms with E-state index in [1.807, 2.05) is 30.3 Å². The average molecular weight is 354 g/mol. The van der Waals surface area contributed by atoms with E-state index in [2.05, 4.69) is 60.8 Å². The Morgan fingerprint density at radius 3 is 2.43 bits per heavy atom. The SMILES string of the molecule is Sc1ccc(CCC(S)NSCc2ccccc2S)cc1. The van der Waals surface area contributed by atoms with Gasteiger partial charge in [-0.05, 0) is 42.2 Å². The van der Waals surface area contributed by atoms with Crippen molar-refractivity contribution in [1.82, 2.24) is 4.72 Å². The molecule has 2 aromatic carbocycles. The van der Waals surface area contributed by atoms with E-state index in [9.17, 15) is 0 Å². The van der Waals surface area contributed by atoms with Crippen molar-refractivity contribution in [3.8, 4) is 0 Å². The Morgan fingerprint density at radius 1 is 1.00 bits per heavy atom. The summed E-state index contributed by atoms with van der Waals surface area (Å²) in [5.41, 5.74) is 2.56. The molecule has 5 heteroatoms. The molecule has 0 aromatic heterocycles. The summed E-state index contributed by atoms with van der Waals surface area (Å²) < 4.78 is 3.37. The Kier molecular flexibility index (Phi) is 7.40. The molecule has 1 nitrogen and oxygen atoms in total. The first-order valence-electron chi connectivity index (χ1n) is 6.75. The molecule has 0 aliphatic carbocycles. The second-order valence-corrected chi connectivity index (χ2v) is 7.19. The van der Waals surface area contributed by atoms with Crippen molar-refractivity contribution >= 4 is 49.8 Å². The summed E-state index contributed by atoms with van der Waals surface area (Å²) in [7, 11) is 0. The summed E-state index contributed by atoms with van der Waals surface area (Å²) in [4.78, 5) is 2.04. The zero-order valence-electron chi connectivity index (χ0n) is 11.6. The van der Waals surface area contributed by atoms with Gasteiger partial charge in [0.1, 0.15) is 0 Å². The van der Waals surface area contributed by atoms with E-state index < -0.39 is 0 Å². The van der Waals surface area contributed by atoms with Crippen molar-refractivity contribution in [1.29, 1.82) is 0 Å². The summed E-state index contributed by atoms with van der Waals surface area (Å²) in [5, 5.41) is 0.178. The number of nitrogens with one attached hydrogen (secondary N) is 1. The number of rotatable bonds is 7. The van der Waals surface area contributed by atoms with E-state index in [1.165, 1.54) is 11.1 Å². The average Bonchev–Trinajstić information content (AvgIpc) is 2.49. The van der Waals surface area contributed by atoms with Gasteiger partial charge in [0.15, 0.2) is 0 Å². The van der Waals surface area contributed by atoms with Gasteiger partial charge in [-0.15, -0.1) is 25.3 Å². The molecule has 0 fully saturated rings. The number of hydrogen-bond donors (Lipinski definition) is 4. The van der Waals surface area contributed by atoms with Crippen LogP contribution in [-0.2, 0) is 12.2 Å². The van der Waals surface area contributed by atoms with Crippen molar-refractivity contribution in [2.45, 2.75) is 33.8 Å². The third-order valence-electron chi connectivity index (χ3n) is 3.08. The predicted octanol–water partition coefficient (Wildman–Crippen LogP) is 4.89. The van der Waals surface area contributed by atoms with Crippen molar-refractivity contribution in [3.05, 3.63) is 59.7 Å². The molecular weight excluding hydrogens is 334 g/mol. The second-order valence-electron chi connectivity index (χ2n) is 4.76. The molecule has 0 amide bonds. The van der Waals surface area contributed by atoms with Gasteiger partial charge in [0, 0.05) is 15.5 Å². The monoisotopic (exact) mass is 353 g/mol. The third kappa shape index (κ3) is 6.20. The minimum atomic E-state index is 0.178. The minimum Gasteiger partial charge on any atom is -0.251 e. The fourth-order valence-electron chi connectivity index (χ4n) is 1.87. The Hall–Kier alpha value is -0.200. The van der Waals surface area contributed by atoms with E-state index in [0.717, 1.165) is 28.4 Å². The molecule has 0 saturated carbocycles. The van der Waals surface area contributed by atoms with Crippen LogP contribution in [0.15, 0.2) is 58.3 Å². The molecule has 1 atom stereocenters. The third-order valence-corrected chi connectivity index (χ3v) is 5.28. The van der Waals surface area contributed by atoms with Gasteiger partial charge in [0.2, 0.25) is 0 Å². The highest BCUT2D eigenvalue weighted by atomic mass is 32.2. The standard InChI is InChI=1S/C16H19NS4/c18-14-8-5-12(6-9-14)7-10-16(20)17-21-11-13-3-1-2-4-15(13)19/h1-6,8-9,16-20H,7,10-11H2. The number of benzene rings is 2. The molecule has 0 spiro atoms. The zero-order valence-corrected chi connectivity index (χ0v) is 15.1. The van der Waals surface area contributed by atoms with Crippen LogP contribution in [0.3, 0.4) is 0 Å². The lowest BCUT2D eigenvalue weighted by Gasteiger charge is -2.13. The minimum absolute atomic E-state index is 0.178. The van der Waals surface area contributed by atoms with Gasteiger partial charge < -0.3 is 0 Å². The van der Waals surface area contributed by atoms with Gasteiger partial charge in [-0.2, -0.15) is 12.6 Å². The van der Waals surface area contributed by atoms with E-state index >= 15 is 0 Å². The summed E-state index contributed by atoms with van der Waals surface area (Å²) >= 11 is 15.0. The van der Waals surface area contributed by atoms with E-state index in [-0.39, 0.29) is 5.37 Å². The molecule has 1 unspecified atom stereocenters. The highest BCUT2D eigenvalue weighted by Crippen LogP contribution is 2.19. The molecule has 2 rings (SSSR count). The Balaban J connectivity index is 1.69. The normalized spacial score (nSPS) is 12.3. The summed E-state index contributed by atoms with van der Waals surface area (Å²) in [6.45, 7) is 0. The molecule has 0 saturated heterocycles. The first-order chi connectivity index (χ1) is 10.1. The van der Waals surface area contributed by atoms with E-state index in [4.69, 9.17) is 0 Å². The molecule has 0 heterocycles. The molecule has 112 valence electrons. The molecule has 1 N–H and O–H groups in total. The summed E-state index contributed by atoms with van der Waals surface area (Å²) in [5.74, 6) is 0.894. The maximum absolute atomic E-state index is 4.59. The van der Waals surface area contributed by atoms with Gasteiger partial charge in [-0.25, -0.2) is 0 Å². The van der Waals surface area contributed by atoms with Gasteiger partial charge in [-0.1, -0.05) is 42.3 Å². The smallest absolute Gasteiger partial charge is 0.0601 e. The van der Waals surface area contributed by atoms with Crippen LogP contribution in [0.1, 0.15) is 17.5 Å². The van der Waals surface area contributed by atoms with Crippen LogP contribution in [0, 0.1) is 0 Å². The van der Waals surface area contributed by atoms with Crippen molar-refractivity contribution < 1.29 is 0 Å². The fraction of sp³-hybridized carbons (Fsp3) is 0.250. The number of thiol groups is 3. The zero-order chi connectivity index (χ0) is 15.1. The topological polar surface area (TPSA) is 12.0 Å². The summed E-state index contributed by atoms with van der Waals surface area (Å²) in [6, 6.07) is 16.4. The predicted molar refractivity (Wildman–Crippen MR) is 103 cm³/mol.